The van der Waals surface area contributed by atoms with Gasteiger partial charge in [-0.15, -0.1) is 0 Å². The van der Waals surface area contributed by atoms with Gasteiger partial charge in [-0.3, -0.25) is 9.89 Å². The summed E-state index contributed by atoms with van der Waals surface area (Å²) in [4.78, 5) is 7.36. The topological polar surface area (TPSA) is 34.1 Å². The van der Waals surface area contributed by atoms with Crippen molar-refractivity contribution >= 4 is 18.3 Å². The summed E-state index contributed by atoms with van der Waals surface area (Å²) in [5, 5.41) is 0. The number of nitrogens with zero attached hydrogens (tertiary/aromatic N) is 2. The quantitative estimate of drug-likeness (QED) is 0.785. The van der Waals surface area contributed by atoms with Crippen molar-refractivity contribution in [3.63, 3.8) is 0 Å². The molecule has 2 unspecified atom stereocenters. The number of fused-ring (bicyclic) bond motifs is 1. The van der Waals surface area contributed by atoms with Crippen LogP contribution in [0, 0.1) is 0 Å². The van der Waals surface area contributed by atoms with Crippen LogP contribution in [0.3, 0.4) is 0 Å². The fraction of sp³-hybridized carbons (Fsp3) is 0.476. The fourth-order valence-corrected chi connectivity index (χ4v) is 3.73. The molecule has 4 nitrogen and oxygen atoms in total. The maximum Gasteiger partial charge on any atom is 0.494 e. The van der Waals surface area contributed by atoms with E-state index in [4.69, 9.17) is 14.3 Å². The van der Waals surface area contributed by atoms with E-state index in [0.29, 0.717) is 0 Å². The molecule has 0 amide bonds. The number of benzene rings is 1. The van der Waals surface area contributed by atoms with Gasteiger partial charge in [-0.25, -0.2) is 0 Å². The largest absolute Gasteiger partial charge is 0.494 e. The van der Waals surface area contributed by atoms with Crippen LogP contribution in [0.2, 0.25) is 0 Å². The lowest BCUT2D eigenvalue weighted by Crippen LogP contribution is -2.41. The van der Waals surface area contributed by atoms with Gasteiger partial charge >= 0.3 is 7.12 Å². The minimum atomic E-state index is -0.320. The first-order chi connectivity index (χ1) is 12.3. The van der Waals surface area contributed by atoms with Crippen molar-refractivity contribution in [3.8, 4) is 0 Å². The first kappa shape index (κ1) is 17.7. The lowest BCUT2D eigenvalue weighted by molar-refractivity contribution is 0.00578. The highest BCUT2D eigenvalue weighted by Gasteiger charge is 2.51. The van der Waals surface area contributed by atoms with Crippen LogP contribution >= 0.6 is 0 Å². The average molecular weight is 350 g/mol. The molecule has 1 aromatic carbocycles. The maximum absolute atomic E-state index is 6.16. The lowest BCUT2D eigenvalue weighted by Gasteiger charge is -2.32. The van der Waals surface area contributed by atoms with Gasteiger partial charge < -0.3 is 9.31 Å². The fourth-order valence-electron chi connectivity index (χ4n) is 3.73. The molecule has 0 spiro atoms. The van der Waals surface area contributed by atoms with Gasteiger partial charge in [0, 0.05) is 0 Å². The Morgan fingerprint density at radius 3 is 2.31 bits per heavy atom. The molecule has 1 aromatic rings. The van der Waals surface area contributed by atoms with E-state index in [2.05, 4.69) is 88.1 Å². The first-order valence-electron chi connectivity index (χ1n) is 9.46. The van der Waals surface area contributed by atoms with Crippen molar-refractivity contribution in [2.75, 3.05) is 6.54 Å². The molecule has 5 heteroatoms. The highest BCUT2D eigenvalue weighted by molar-refractivity contribution is 6.62. The molecule has 26 heavy (non-hydrogen) atoms. The second-order valence-corrected chi connectivity index (χ2v) is 8.20. The van der Waals surface area contributed by atoms with Gasteiger partial charge in [0.2, 0.25) is 0 Å². The number of likely N-dealkylation sites (N-methyl/N-ethyl adjacent to an activating group) is 1. The Hall–Kier alpha value is -1.69. The molecule has 0 N–H and O–H groups in total. The smallest absolute Gasteiger partial charge is 0.399 e. The van der Waals surface area contributed by atoms with Crippen molar-refractivity contribution in [2.45, 2.75) is 58.0 Å². The SMILES string of the molecule is CCN1C2C=CC=CC2=NC1c1ccc(B2OC(C)(C)C(C)(C)O2)cc1. The molecule has 136 valence electrons. The minimum absolute atomic E-state index is 0.0692. The van der Waals surface area contributed by atoms with Gasteiger partial charge in [0.05, 0.1) is 23.0 Å². The highest BCUT2D eigenvalue weighted by atomic mass is 16.7. The Kier molecular flexibility index (Phi) is 4.22. The van der Waals surface area contributed by atoms with Crippen LogP contribution in [0.15, 0.2) is 53.6 Å². The van der Waals surface area contributed by atoms with E-state index < -0.39 is 0 Å². The van der Waals surface area contributed by atoms with Crippen molar-refractivity contribution in [1.82, 2.24) is 4.90 Å². The molecule has 2 heterocycles. The average Bonchev–Trinajstić information content (AvgIpc) is 3.09. The molecule has 1 saturated heterocycles. The molecule has 1 aliphatic carbocycles. The van der Waals surface area contributed by atoms with Gasteiger partial charge in [-0.1, -0.05) is 49.4 Å². The molecule has 2 atom stereocenters. The van der Waals surface area contributed by atoms with Crippen molar-refractivity contribution < 1.29 is 9.31 Å². The standard InChI is InChI=1S/C21H27BN2O2/c1-6-24-18-10-8-7-9-17(18)23-19(24)15-11-13-16(14-12-15)22-25-20(2,3)21(4,5)26-22/h7-14,18-19H,6H2,1-5H3. The van der Waals surface area contributed by atoms with Crippen LogP contribution in [0.25, 0.3) is 0 Å². The summed E-state index contributed by atoms with van der Waals surface area (Å²) < 4.78 is 12.3. The normalized spacial score (nSPS) is 29.1. The second-order valence-electron chi connectivity index (χ2n) is 8.20. The Labute approximate surface area is 156 Å². The van der Waals surface area contributed by atoms with Crippen LogP contribution in [0.1, 0.15) is 46.3 Å². The number of rotatable bonds is 3. The van der Waals surface area contributed by atoms with Crippen LogP contribution in [0.5, 0.6) is 0 Å². The molecule has 0 radical (unpaired) electrons. The minimum Gasteiger partial charge on any atom is -0.399 e. The van der Waals surface area contributed by atoms with Gasteiger partial charge in [0.15, 0.2) is 0 Å². The second kappa shape index (κ2) is 6.19. The van der Waals surface area contributed by atoms with E-state index in [1.165, 1.54) is 5.56 Å². The van der Waals surface area contributed by atoms with E-state index in [1.807, 2.05) is 0 Å². The zero-order valence-electron chi connectivity index (χ0n) is 16.3. The van der Waals surface area contributed by atoms with Gasteiger partial charge in [0.25, 0.3) is 0 Å². The van der Waals surface area contributed by atoms with Crippen LogP contribution < -0.4 is 5.46 Å². The molecule has 4 rings (SSSR count). The van der Waals surface area contributed by atoms with Crippen LogP contribution in [-0.4, -0.2) is 41.5 Å². The molecule has 0 saturated carbocycles. The zero-order chi connectivity index (χ0) is 18.5. The first-order valence-corrected chi connectivity index (χ1v) is 9.46. The third-order valence-corrected chi connectivity index (χ3v) is 6.04. The summed E-state index contributed by atoms with van der Waals surface area (Å²) in [6.07, 6.45) is 8.58. The number of hydrogen-bond acceptors (Lipinski definition) is 4. The third kappa shape index (κ3) is 2.79. The summed E-state index contributed by atoms with van der Waals surface area (Å²) >= 11 is 0. The molecule has 3 aliphatic rings. The predicted octanol–water partition coefficient (Wildman–Crippen LogP) is 3.26. The van der Waals surface area contributed by atoms with Crippen molar-refractivity contribution in [2.24, 2.45) is 4.99 Å². The molecule has 2 aliphatic heterocycles. The molecule has 0 aromatic heterocycles. The number of hydrogen-bond donors (Lipinski definition) is 0. The van der Waals surface area contributed by atoms with Crippen molar-refractivity contribution in [1.29, 1.82) is 0 Å². The number of aliphatic imine (C=N–C) groups is 1. The van der Waals surface area contributed by atoms with E-state index in [-0.39, 0.29) is 30.5 Å². The van der Waals surface area contributed by atoms with Gasteiger partial charge in [-0.2, -0.15) is 0 Å². The predicted molar refractivity (Wildman–Crippen MR) is 107 cm³/mol. The highest BCUT2D eigenvalue weighted by Crippen LogP contribution is 2.37. The molecule has 0 bridgehead atoms. The van der Waals surface area contributed by atoms with E-state index in [0.717, 1.165) is 17.7 Å². The van der Waals surface area contributed by atoms with Gasteiger partial charge in [0.1, 0.15) is 6.17 Å². The van der Waals surface area contributed by atoms with Crippen LogP contribution in [-0.2, 0) is 9.31 Å². The monoisotopic (exact) mass is 350 g/mol. The summed E-state index contributed by atoms with van der Waals surface area (Å²) in [6, 6.07) is 8.82. The summed E-state index contributed by atoms with van der Waals surface area (Å²) in [6.45, 7) is 11.5. The Bertz CT molecular complexity index is 764. The van der Waals surface area contributed by atoms with E-state index in [1.54, 1.807) is 0 Å². The lowest BCUT2D eigenvalue weighted by atomic mass is 9.79. The molecular formula is C21H27BN2O2. The molecule has 1 fully saturated rings. The number of allylic oxidation sites excluding steroid dienone is 2. The molecular weight excluding hydrogens is 323 g/mol. The van der Waals surface area contributed by atoms with Gasteiger partial charge in [-0.05, 0) is 51.3 Å². The van der Waals surface area contributed by atoms with E-state index in [9.17, 15) is 0 Å². The van der Waals surface area contributed by atoms with Crippen molar-refractivity contribution in [3.05, 3.63) is 54.1 Å². The Morgan fingerprint density at radius 2 is 1.69 bits per heavy atom. The maximum atomic E-state index is 6.16. The Morgan fingerprint density at radius 1 is 1.04 bits per heavy atom. The van der Waals surface area contributed by atoms with E-state index >= 15 is 0 Å². The zero-order valence-corrected chi connectivity index (χ0v) is 16.3. The third-order valence-electron chi connectivity index (χ3n) is 6.04. The summed E-state index contributed by atoms with van der Waals surface area (Å²) in [5.74, 6) is 0. The summed E-state index contributed by atoms with van der Waals surface area (Å²) in [5.41, 5.74) is 2.77. The van der Waals surface area contributed by atoms with Crippen LogP contribution in [0.4, 0.5) is 0 Å². The summed E-state index contributed by atoms with van der Waals surface area (Å²) in [7, 11) is -0.320. The Balaban J connectivity index is 1.56.